The Morgan fingerprint density at radius 2 is 2.12 bits per heavy atom. The highest BCUT2D eigenvalue weighted by molar-refractivity contribution is 5.82. The Morgan fingerprint density at radius 3 is 2.85 bits per heavy atom. The number of hydrogen-bond donors (Lipinski definition) is 1. The number of alkyl halides is 3. The average Bonchev–Trinajstić information content (AvgIpc) is 3.41. The number of nitrogens with zero attached hydrogens (tertiary/aromatic N) is 1. The van der Waals surface area contributed by atoms with Crippen molar-refractivity contribution in [3.05, 3.63) is 59.3 Å². The first-order chi connectivity index (χ1) is 12.4. The number of ether oxygens (including phenoxy) is 1. The number of nitrogens with one attached hydrogen (secondary N) is 1. The third-order valence-electron chi connectivity index (χ3n) is 4.33. The molecular formula is C19H19F3N2O2. The van der Waals surface area contributed by atoms with E-state index in [4.69, 9.17) is 4.74 Å². The zero-order valence-corrected chi connectivity index (χ0v) is 14.2. The monoisotopic (exact) mass is 364 g/mol. The number of pyridine rings is 1. The molecule has 2 aromatic rings. The number of rotatable bonds is 6. The normalized spacial score (nSPS) is 19.1. The zero-order valence-electron chi connectivity index (χ0n) is 14.2. The van der Waals surface area contributed by atoms with Gasteiger partial charge < -0.3 is 10.1 Å². The molecule has 0 saturated heterocycles. The van der Waals surface area contributed by atoms with Gasteiger partial charge in [-0.15, -0.1) is 0 Å². The predicted molar refractivity (Wildman–Crippen MR) is 89.5 cm³/mol. The third kappa shape index (κ3) is 4.33. The summed E-state index contributed by atoms with van der Waals surface area (Å²) in [6, 6.07) is 8.73. The second-order valence-corrected chi connectivity index (χ2v) is 6.23. The van der Waals surface area contributed by atoms with E-state index in [0.29, 0.717) is 31.0 Å². The van der Waals surface area contributed by atoms with E-state index in [1.165, 1.54) is 6.07 Å². The van der Waals surface area contributed by atoms with Crippen LogP contribution in [0, 0.1) is 5.92 Å². The van der Waals surface area contributed by atoms with E-state index in [1.807, 2.05) is 6.92 Å². The maximum absolute atomic E-state index is 12.8. The molecule has 2 unspecified atom stereocenters. The van der Waals surface area contributed by atoms with Crippen molar-refractivity contribution in [2.45, 2.75) is 32.0 Å². The molecule has 138 valence electrons. The Morgan fingerprint density at radius 1 is 1.31 bits per heavy atom. The van der Waals surface area contributed by atoms with Crippen LogP contribution in [0.5, 0.6) is 5.88 Å². The summed E-state index contributed by atoms with van der Waals surface area (Å²) in [5.74, 6) is -0.102. The van der Waals surface area contributed by atoms with Gasteiger partial charge in [-0.05, 0) is 42.5 Å². The van der Waals surface area contributed by atoms with E-state index in [-0.39, 0.29) is 17.7 Å². The van der Waals surface area contributed by atoms with Crippen molar-refractivity contribution in [3.63, 3.8) is 0 Å². The smallest absolute Gasteiger partial charge is 0.416 e. The first-order valence-electron chi connectivity index (χ1n) is 8.41. The molecule has 1 heterocycles. The largest absolute Gasteiger partial charge is 0.478 e. The van der Waals surface area contributed by atoms with Gasteiger partial charge in [-0.1, -0.05) is 18.2 Å². The number of amides is 1. The molecule has 1 aliphatic carbocycles. The fourth-order valence-corrected chi connectivity index (χ4v) is 2.91. The van der Waals surface area contributed by atoms with E-state index < -0.39 is 11.7 Å². The van der Waals surface area contributed by atoms with Crippen LogP contribution in [-0.2, 0) is 17.5 Å². The summed E-state index contributed by atoms with van der Waals surface area (Å²) < 4.78 is 43.7. The van der Waals surface area contributed by atoms with Crippen LogP contribution < -0.4 is 10.1 Å². The Hall–Kier alpha value is -2.57. The van der Waals surface area contributed by atoms with Gasteiger partial charge in [-0.25, -0.2) is 4.98 Å². The van der Waals surface area contributed by atoms with Gasteiger partial charge in [0.05, 0.1) is 12.2 Å². The summed E-state index contributed by atoms with van der Waals surface area (Å²) >= 11 is 0. The molecular weight excluding hydrogens is 345 g/mol. The van der Waals surface area contributed by atoms with Crippen molar-refractivity contribution >= 4 is 5.91 Å². The topological polar surface area (TPSA) is 51.2 Å². The molecule has 0 radical (unpaired) electrons. The molecule has 3 rings (SSSR count). The summed E-state index contributed by atoms with van der Waals surface area (Å²) in [6.45, 7) is 2.69. The molecule has 1 N–H and O–H groups in total. The second kappa shape index (κ2) is 7.35. The summed E-state index contributed by atoms with van der Waals surface area (Å²) in [5, 5.41) is 2.83. The third-order valence-corrected chi connectivity index (χ3v) is 4.33. The first-order valence-corrected chi connectivity index (χ1v) is 8.41. The quantitative estimate of drug-likeness (QED) is 0.845. The molecule has 26 heavy (non-hydrogen) atoms. The lowest BCUT2D eigenvalue weighted by atomic mass is 10.1. The lowest BCUT2D eigenvalue weighted by molar-refractivity contribution is -0.137. The van der Waals surface area contributed by atoms with Gasteiger partial charge in [-0.2, -0.15) is 13.2 Å². The lowest BCUT2D eigenvalue weighted by Crippen LogP contribution is -2.25. The number of aromatic nitrogens is 1. The van der Waals surface area contributed by atoms with Crippen LogP contribution in [0.2, 0.25) is 0 Å². The van der Waals surface area contributed by atoms with Gasteiger partial charge in [0.25, 0.3) is 0 Å². The fourth-order valence-electron chi connectivity index (χ4n) is 2.91. The molecule has 1 aromatic heterocycles. The summed E-state index contributed by atoms with van der Waals surface area (Å²) in [7, 11) is 0. The summed E-state index contributed by atoms with van der Waals surface area (Å²) in [5.41, 5.74) is 0.733. The molecule has 0 bridgehead atoms. The molecule has 1 saturated carbocycles. The van der Waals surface area contributed by atoms with Crippen molar-refractivity contribution in [1.82, 2.24) is 10.3 Å². The van der Waals surface area contributed by atoms with Crippen LogP contribution in [0.25, 0.3) is 0 Å². The SMILES string of the molecule is CCOc1cc(CNC(=O)C2CC2c2cccc(C(F)(F)F)c2)ccn1. The van der Waals surface area contributed by atoms with E-state index in [9.17, 15) is 18.0 Å². The van der Waals surface area contributed by atoms with Crippen molar-refractivity contribution in [2.75, 3.05) is 6.61 Å². The zero-order chi connectivity index (χ0) is 18.7. The van der Waals surface area contributed by atoms with Crippen LogP contribution >= 0.6 is 0 Å². The van der Waals surface area contributed by atoms with E-state index >= 15 is 0 Å². The molecule has 1 fully saturated rings. The number of benzene rings is 1. The molecule has 1 amide bonds. The highest BCUT2D eigenvalue weighted by Crippen LogP contribution is 2.48. The lowest BCUT2D eigenvalue weighted by Gasteiger charge is -2.09. The minimum Gasteiger partial charge on any atom is -0.478 e. The van der Waals surface area contributed by atoms with Crippen molar-refractivity contribution in [1.29, 1.82) is 0 Å². The van der Waals surface area contributed by atoms with Gasteiger partial charge in [0.1, 0.15) is 0 Å². The number of carbonyl (C=O) groups is 1. The molecule has 0 aliphatic heterocycles. The Bertz CT molecular complexity index is 792. The van der Waals surface area contributed by atoms with Crippen LogP contribution in [0.4, 0.5) is 13.2 Å². The molecule has 2 atom stereocenters. The highest BCUT2D eigenvalue weighted by atomic mass is 19.4. The maximum atomic E-state index is 12.8. The Balaban J connectivity index is 1.57. The van der Waals surface area contributed by atoms with Crippen LogP contribution in [0.15, 0.2) is 42.6 Å². The minimum atomic E-state index is -4.37. The van der Waals surface area contributed by atoms with Crippen molar-refractivity contribution in [3.8, 4) is 5.88 Å². The average molecular weight is 364 g/mol. The van der Waals surface area contributed by atoms with Gasteiger partial charge in [-0.3, -0.25) is 4.79 Å². The predicted octanol–water partition coefficient (Wildman–Crippen LogP) is 3.92. The van der Waals surface area contributed by atoms with Crippen LogP contribution in [0.1, 0.15) is 36.0 Å². The van der Waals surface area contributed by atoms with Crippen molar-refractivity contribution < 1.29 is 22.7 Å². The van der Waals surface area contributed by atoms with E-state index in [0.717, 1.165) is 17.7 Å². The van der Waals surface area contributed by atoms with Crippen LogP contribution in [-0.4, -0.2) is 17.5 Å². The molecule has 4 nitrogen and oxygen atoms in total. The number of carbonyl (C=O) groups excluding carboxylic acids is 1. The molecule has 7 heteroatoms. The van der Waals surface area contributed by atoms with Crippen LogP contribution in [0.3, 0.4) is 0 Å². The van der Waals surface area contributed by atoms with E-state index in [2.05, 4.69) is 10.3 Å². The number of halogens is 3. The van der Waals surface area contributed by atoms with Gasteiger partial charge in [0.15, 0.2) is 0 Å². The van der Waals surface area contributed by atoms with Crippen molar-refractivity contribution in [2.24, 2.45) is 5.92 Å². The first kappa shape index (κ1) is 18.2. The minimum absolute atomic E-state index is 0.151. The Labute approximate surface area is 149 Å². The molecule has 1 aliphatic rings. The number of hydrogen-bond acceptors (Lipinski definition) is 3. The Kier molecular flexibility index (Phi) is 5.15. The second-order valence-electron chi connectivity index (χ2n) is 6.23. The van der Waals surface area contributed by atoms with E-state index in [1.54, 1.807) is 24.4 Å². The van der Waals surface area contributed by atoms with Gasteiger partial charge >= 0.3 is 6.18 Å². The maximum Gasteiger partial charge on any atom is 0.416 e. The van der Waals surface area contributed by atoms with Gasteiger partial charge in [0.2, 0.25) is 11.8 Å². The molecule has 1 aromatic carbocycles. The summed E-state index contributed by atoms with van der Waals surface area (Å²) in [4.78, 5) is 16.3. The van der Waals surface area contributed by atoms with Gasteiger partial charge in [0, 0.05) is 24.7 Å². The highest BCUT2D eigenvalue weighted by Gasteiger charge is 2.44. The fraction of sp³-hybridized carbons (Fsp3) is 0.368. The summed E-state index contributed by atoms with van der Waals surface area (Å²) in [6.07, 6.45) is -2.20. The molecule has 0 spiro atoms. The standard InChI is InChI=1S/C19H19F3N2O2/c1-2-26-17-8-12(6-7-23-17)11-24-18(25)16-10-15(16)13-4-3-5-14(9-13)19(20,21)22/h3-9,15-16H,2,10-11H2,1H3,(H,24,25).